The Kier molecular flexibility index (Phi) is 13.9. The first-order valence-electron chi connectivity index (χ1n) is 29.7. The lowest BCUT2D eigenvalue weighted by Gasteiger charge is -2.66. The van der Waals surface area contributed by atoms with Gasteiger partial charge in [-0.3, -0.25) is 9.79 Å². The monoisotopic (exact) mass is 1070 g/mol. The summed E-state index contributed by atoms with van der Waals surface area (Å²) < 4.78 is 1.93. The molecule has 0 amide bonds. The van der Waals surface area contributed by atoms with Crippen LogP contribution in [0.5, 0.6) is 0 Å². The summed E-state index contributed by atoms with van der Waals surface area (Å²) in [6.07, 6.45) is 22.7. The standard InChI is InChI=1S/C60H90N6O7S2/c1-33(68)65-54(61)64-28-35-25-58(31-67)41-24-45(60(58,73)42-23-43(69)50-40(29-62-5)52(71)44(70)27-56(50,4)48(35)42)59(18-8-9-19-59)75-74-30-36(66-21-20-63-32-66)26-55(2,3)51-38-14-11-17-57(15-6-7-16-57)49(38)37-13-10-12-34-22-39(41)53(72)47(51)46(34)37/h20-21,23,32-36,39-41,44-45,47-50,52-53,62,67-68,70-73H,6-19,22,24-31H2,1-5H3,(H3,61,64,65). The number of ketones is 1. The smallest absolute Gasteiger partial charge is 0.190 e. The summed E-state index contributed by atoms with van der Waals surface area (Å²) in [5, 5.41) is 82.5. The van der Waals surface area contributed by atoms with Crippen molar-refractivity contribution in [3.05, 3.63) is 52.7 Å². The fraction of sp³-hybridized carbons (Fsp3) is 0.817. The van der Waals surface area contributed by atoms with Gasteiger partial charge in [-0.2, -0.15) is 0 Å². The molecule has 12 rings (SSSR count). The van der Waals surface area contributed by atoms with Crippen LogP contribution >= 0.6 is 21.6 Å². The van der Waals surface area contributed by atoms with E-state index in [0.29, 0.717) is 42.2 Å². The number of fused-ring (bicyclic) bond motifs is 15. The number of nitrogens with zero attached hydrogens (tertiary/aromatic N) is 3. The quantitative estimate of drug-likeness (QED) is 0.0423. The van der Waals surface area contributed by atoms with Crippen molar-refractivity contribution in [3.63, 3.8) is 0 Å². The van der Waals surface area contributed by atoms with Crippen molar-refractivity contribution in [1.82, 2.24) is 20.2 Å². The third-order valence-electron chi connectivity index (χ3n) is 23.5. The van der Waals surface area contributed by atoms with Gasteiger partial charge in [0.25, 0.3) is 0 Å². The van der Waals surface area contributed by atoms with Gasteiger partial charge in [0, 0.05) is 77.0 Å². The second kappa shape index (κ2) is 19.5. The van der Waals surface area contributed by atoms with E-state index in [1.54, 1.807) is 29.7 Å². The molecule has 414 valence electrons. The molecule has 1 aliphatic heterocycles. The molecule has 18 atom stereocenters. The van der Waals surface area contributed by atoms with Gasteiger partial charge in [0.05, 0.1) is 36.8 Å². The summed E-state index contributed by atoms with van der Waals surface area (Å²) in [7, 11) is 5.71. The summed E-state index contributed by atoms with van der Waals surface area (Å²) in [5.41, 5.74) is 9.89. The predicted molar refractivity (Wildman–Crippen MR) is 296 cm³/mol. The molecule has 18 unspecified atom stereocenters. The van der Waals surface area contributed by atoms with Crippen LogP contribution in [0.15, 0.2) is 57.7 Å². The second-order valence-corrected chi connectivity index (χ2v) is 30.3. The number of aliphatic hydroxyl groups excluding tert-OH is 5. The number of hydrogen-bond donors (Lipinski definition) is 9. The van der Waals surface area contributed by atoms with Gasteiger partial charge >= 0.3 is 0 Å². The van der Waals surface area contributed by atoms with Crippen molar-refractivity contribution in [2.45, 2.75) is 191 Å². The van der Waals surface area contributed by atoms with E-state index in [0.717, 1.165) is 70.0 Å². The van der Waals surface area contributed by atoms with E-state index < -0.39 is 63.5 Å². The Labute approximate surface area is 454 Å². The molecule has 11 aliphatic rings. The van der Waals surface area contributed by atoms with Crippen LogP contribution in [0.4, 0.5) is 0 Å². The number of imidazole rings is 1. The minimum absolute atomic E-state index is 0.0878. The molecule has 1 saturated heterocycles. The molecule has 75 heavy (non-hydrogen) atoms. The van der Waals surface area contributed by atoms with Crippen LogP contribution in [0, 0.1) is 80.8 Å². The Morgan fingerprint density at radius 1 is 0.960 bits per heavy atom. The van der Waals surface area contributed by atoms with E-state index in [4.69, 9.17) is 10.7 Å². The van der Waals surface area contributed by atoms with Gasteiger partial charge in [0.15, 0.2) is 11.7 Å². The molecular formula is C60H90N6O7S2. The Balaban J connectivity index is 1.09. The number of nitrogens with two attached hydrogens (primary N) is 1. The first-order valence-corrected chi connectivity index (χ1v) is 32.0. The lowest BCUT2D eigenvalue weighted by molar-refractivity contribution is -0.197. The van der Waals surface area contributed by atoms with Crippen molar-refractivity contribution < 1.29 is 35.4 Å². The highest BCUT2D eigenvalue weighted by Gasteiger charge is 2.78. The van der Waals surface area contributed by atoms with Crippen molar-refractivity contribution in [3.8, 4) is 0 Å². The zero-order valence-corrected chi connectivity index (χ0v) is 47.2. The van der Waals surface area contributed by atoms with Gasteiger partial charge in [0.1, 0.15) is 6.23 Å². The van der Waals surface area contributed by atoms with E-state index in [9.17, 15) is 25.5 Å². The van der Waals surface area contributed by atoms with Gasteiger partial charge in [-0.25, -0.2) is 4.98 Å². The summed E-state index contributed by atoms with van der Waals surface area (Å²) in [5.74, 6) is -1.54. The van der Waals surface area contributed by atoms with E-state index in [1.807, 2.05) is 41.2 Å². The topological polar surface area (TPSA) is 219 Å². The Morgan fingerprint density at radius 3 is 2.40 bits per heavy atom. The van der Waals surface area contributed by atoms with Crippen LogP contribution < -0.4 is 16.4 Å². The van der Waals surface area contributed by atoms with Crippen LogP contribution in [-0.2, 0) is 4.79 Å². The molecular weight excluding hydrogens is 981 g/mol. The highest BCUT2D eigenvalue weighted by Crippen LogP contribution is 2.77. The molecule has 15 heteroatoms. The number of allylic oxidation sites excluding steroid dienone is 3. The fourth-order valence-corrected chi connectivity index (χ4v) is 25.1. The number of rotatable bonds is 7. The molecule has 13 nitrogen and oxygen atoms in total. The number of carbonyl (C=O) groups excluding carboxylic acids is 1. The van der Waals surface area contributed by atoms with Crippen LogP contribution in [0.2, 0.25) is 0 Å². The van der Waals surface area contributed by atoms with Crippen LogP contribution in [-0.4, -0.2) is 119 Å². The average Bonchev–Trinajstić information content (AvgIpc) is 4.42. The van der Waals surface area contributed by atoms with Crippen LogP contribution in [0.3, 0.4) is 0 Å². The van der Waals surface area contributed by atoms with E-state index in [1.165, 1.54) is 44.1 Å². The molecule has 2 spiro atoms. The molecule has 8 fully saturated rings. The van der Waals surface area contributed by atoms with Crippen LogP contribution in [0.25, 0.3) is 0 Å². The number of carbonyl (C=O) groups is 1. The average molecular weight is 1070 g/mol. The maximum atomic E-state index is 15.5. The molecule has 1 aromatic rings. The lowest BCUT2D eigenvalue weighted by Crippen LogP contribution is -2.69. The van der Waals surface area contributed by atoms with E-state index in [-0.39, 0.29) is 72.4 Å². The molecule has 10 aliphatic carbocycles. The van der Waals surface area contributed by atoms with Gasteiger partial charge in [-0.15, -0.1) is 0 Å². The summed E-state index contributed by atoms with van der Waals surface area (Å²) in [6, 6.07) is 0.132. The van der Waals surface area contributed by atoms with Gasteiger partial charge in [-0.1, -0.05) is 90.3 Å². The summed E-state index contributed by atoms with van der Waals surface area (Å²) in [4.78, 5) is 25.1. The molecule has 10 N–H and O–H groups in total. The number of aromatic nitrogens is 2. The van der Waals surface area contributed by atoms with E-state index >= 15 is 9.90 Å². The minimum atomic E-state index is -1.66. The predicted octanol–water partition coefficient (Wildman–Crippen LogP) is 7.63. The molecule has 7 saturated carbocycles. The zero-order chi connectivity index (χ0) is 52.6. The zero-order valence-electron chi connectivity index (χ0n) is 45.6. The normalized spacial score (nSPS) is 45.1. The molecule has 0 aromatic carbocycles. The minimum Gasteiger partial charge on any atom is -0.396 e. The summed E-state index contributed by atoms with van der Waals surface area (Å²) >= 11 is 0. The van der Waals surface area contributed by atoms with Gasteiger partial charge in [0.2, 0.25) is 0 Å². The van der Waals surface area contributed by atoms with Crippen molar-refractivity contribution >= 4 is 33.3 Å². The van der Waals surface area contributed by atoms with Crippen LogP contribution in [0.1, 0.15) is 156 Å². The Hall–Kier alpha value is -2.21. The van der Waals surface area contributed by atoms with Gasteiger partial charge in [-0.05, 0) is 168 Å². The van der Waals surface area contributed by atoms with E-state index in [2.05, 4.69) is 47.2 Å². The first-order chi connectivity index (χ1) is 35.9. The highest BCUT2D eigenvalue weighted by atomic mass is 33.1. The van der Waals surface area contributed by atoms with Crippen molar-refractivity contribution in [1.29, 1.82) is 0 Å². The fourth-order valence-electron chi connectivity index (χ4n) is 21.3. The number of aliphatic hydroxyl groups is 6. The maximum absolute atomic E-state index is 15.5. The first kappa shape index (κ1) is 53.4. The maximum Gasteiger partial charge on any atom is 0.190 e. The Morgan fingerprint density at radius 2 is 1.69 bits per heavy atom. The molecule has 4 bridgehead atoms. The largest absolute Gasteiger partial charge is 0.396 e. The third-order valence-corrected chi connectivity index (χ3v) is 26.9. The number of hydrogen-bond acceptors (Lipinski definition) is 12. The van der Waals surface area contributed by atoms with Gasteiger partial charge < -0.3 is 51.6 Å². The SMILES string of the molecule is CNCC1C(O)C(O)CC2(C)C3C(=CC(=O)C12)C1(O)C2CC(C4CC5CCCC6=C5C(C(=C5CCCC7(CCCC7)C65)C(C)(C)CC(n5ccnc5)CSSC25CCCC5)C4O)C1(CO)CC3CN=C(N)NC(C)O. The third kappa shape index (κ3) is 7.94. The molecule has 1 aromatic heterocycles. The molecule has 2 heterocycles. The van der Waals surface area contributed by atoms with Crippen molar-refractivity contribution in [2.24, 2.45) is 91.6 Å². The number of nitrogens with one attached hydrogen (secondary N) is 2. The highest BCUT2D eigenvalue weighted by molar-refractivity contribution is 8.77. The number of guanidine groups is 1. The Bertz CT molecular complexity index is 2480. The summed E-state index contributed by atoms with van der Waals surface area (Å²) in [6.45, 7) is 8.91. The van der Waals surface area contributed by atoms with Crippen molar-refractivity contribution in [2.75, 3.05) is 32.5 Å². The number of aliphatic imine (C=N–C) groups is 1. The second-order valence-electron chi connectivity index (χ2n) is 27.6. The molecule has 0 radical (unpaired) electrons. The lowest BCUT2D eigenvalue weighted by atomic mass is 9.40.